The summed E-state index contributed by atoms with van der Waals surface area (Å²) in [5.41, 5.74) is 7.55. The van der Waals surface area contributed by atoms with Gasteiger partial charge in [0.1, 0.15) is 5.52 Å². The van der Waals surface area contributed by atoms with E-state index in [4.69, 9.17) is 5.73 Å². The second-order valence-corrected chi connectivity index (χ2v) is 5.44. The number of primary amides is 1. The molecule has 0 fully saturated rings. The van der Waals surface area contributed by atoms with Crippen molar-refractivity contribution in [3.05, 3.63) is 47.0 Å². The van der Waals surface area contributed by atoms with Crippen molar-refractivity contribution < 1.29 is 9.90 Å². The molecule has 2 aromatic heterocycles. The summed E-state index contributed by atoms with van der Waals surface area (Å²) < 4.78 is 0. The number of phenols is 1. The van der Waals surface area contributed by atoms with Crippen molar-refractivity contribution in [3.8, 4) is 16.2 Å². The summed E-state index contributed by atoms with van der Waals surface area (Å²) in [5.74, 6) is -0.818. The van der Waals surface area contributed by atoms with Crippen LogP contribution in [0.1, 0.15) is 16.1 Å². The van der Waals surface area contributed by atoms with Crippen LogP contribution in [0.2, 0.25) is 0 Å². The molecule has 3 rings (SSSR count). The van der Waals surface area contributed by atoms with E-state index in [0.717, 1.165) is 21.5 Å². The fourth-order valence-corrected chi connectivity index (χ4v) is 2.99. The van der Waals surface area contributed by atoms with E-state index < -0.39 is 5.91 Å². The molecule has 3 aromatic rings. The number of benzene rings is 1. The Hall–Kier alpha value is -2.40. The highest BCUT2D eigenvalue weighted by molar-refractivity contribution is 7.13. The monoisotopic (exact) mass is 284 g/mol. The zero-order valence-electron chi connectivity index (χ0n) is 10.8. The summed E-state index contributed by atoms with van der Waals surface area (Å²) in [5, 5.41) is 12.9. The van der Waals surface area contributed by atoms with Gasteiger partial charge in [0.25, 0.3) is 5.91 Å². The molecule has 2 heterocycles. The van der Waals surface area contributed by atoms with E-state index in [1.165, 1.54) is 6.07 Å². The number of pyridine rings is 1. The Kier molecular flexibility index (Phi) is 2.91. The number of thiophene rings is 1. The first kappa shape index (κ1) is 12.6. The molecule has 100 valence electrons. The van der Waals surface area contributed by atoms with Crippen molar-refractivity contribution in [2.24, 2.45) is 5.73 Å². The van der Waals surface area contributed by atoms with E-state index >= 15 is 0 Å². The van der Waals surface area contributed by atoms with Gasteiger partial charge in [-0.05, 0) is 30.5 Å². The topological polar surface area (TPSA) is 76.2 Å². The van der Waals surface area contributed by atoms with Crippen LogP contribution in [0.3, 0.4) is 0 Å². The van der Waals surface area contributed by atoms with Crippen LogP contribution in [0.4, 0.5) is 0 Å². The molecule has 1 aromatic carbocycles. The van der Waals surface area contributed by atoms with Crippen LogP contribution in [0, 0.1) is 6.92 Å². The quantitative estimate of drug-likeness (QED) is 0.759. The summed E-state index contributed by atoms with van der Waals surface area (Å²) in [6.45, 7) is 1.88. The van der Waals surface area contributed by atoms with Gasteiger partial charge in [-0.3, -0.25) is 4.79 Å². The number of carbonyl (C=O) groups excluding carboxylic acids is 1. The van der Waals surface area contributed by atoms with Gasteiger partial charge in [0.2, 0.25) is 0 Å². The Morgan fingerprint density at radius 3 is 2.80 bits per heavy atom. The highest BCUT2D eigenvalue weighted by atomic mass is 32.1. The minimum Gasteiger partial charge on any atom is -0.505 e. The first-order valence-electron chi connectivity index (χ1n) is 6.05. The molecule has 0 saturated carbocycles. The van der Waals surface area contributed by atoms with E-state index in [2.05, 4.69) is 4.98 Å². The number of hydrogen-bond acceptors (Lipinski definition) is 4. The summed E-state index contributed by atoms with van der Waals surface area (Å²) >= 11 is 1.63. The van der Waals surface area contributed by atoms with Crippen molar-refractivity contribution in [2.45, 2.75) is 6.92 Å². The predicted octanol–water partition coefficient (Wildman–Crippen LogP) is 3.08. The van der Waals surface area contributed by atoms with E-state index in [9.17, 15) is 9.90 Å². The largest absolute Gasteiger partial charge is 0.505 e. The Balaban J connectivity index is 2.29. The van der Waals surface area contributed by atoms with Crippen LogP contribution in [-0.2, 0) is 0 Å². The fraction of sp³-hybridized carbons (Fsp3) is 0.0667. The number of aryl methyl sites for hydroxylation is 1. The number of rotatable bonds is 2. The lowest BCUT2D eigenvalue weighted by atomic mass is 10.0. The van der Waals surface area contributed by atoms with Crippen LogP contribution in [0.25, 0.3) is 21.3 Å². The number of fused-ring (bicyclic) bond motifs is 1. The molecule has 0 radical (unpaired) electrons. The Morgan fingerprint density at radius 1 is 1.35 bits per heavy atom. The summed E-state index contributed by atoms with van der Waals surface area (Å²) in [6, 6.07) is 9.25. The maximum absolute atomic E-state index is 11.2. The molecule has 0 saturated heterocycles. The van der Waals surface area contributed by atoms with Crippen LogP contribution >= 0.6 is 11.3 Å². The third-order valence-electron chi connectivity index (χ3n) is 3.20. The fourth-order valence-electron chi connectivity index (χ4n) is 2.20. The van der Waals surface area contributed by atoms with Gasteiger partial charge < -0.3 is 10.8 Å². The second kappa shape index (κ2) is 4.61. The first-order chi connectivity index (χ1) is 9.58. The predicted molar refractivity (Wildman–Crippen MR) is 80.0 cm³/mol. The number of nitrogens with two attached hydrogens (primary N) is 1. The number of hydrogen-bond donors (Lipinski definition) is 2. The number of aromatic hydroxyl groups is 1. The van der Waals surface area contributed by atoms with E-state index in [1.54, 1.807) is 17.4 Å². The van der Waals surface area contributed by atoms with Crippen molar-refractivity contribution in [2.75, 3.05) is 0 Å². The van der Waals surface area contributed by atoms with Gasteiger partial charge in [0, 0.05) is 21.5 Å². The highest BCUT2D eigenvalue weighted by Crippen LogP contribution is 2.33. The lowest BCUT2D eigenvalue weighted by molar-refractivity contribution is 0.0998. The molecule has 4 nitrogen and oxygen atoms in total. The van der Waals surface area contributed by atoms with Crippen LogP contribution in [0.5, 0.6) is 5.75 Å². The average molecular weight is 284 g/mol. The average Bonchev–Trinajstić information content (AvgIpc) is 2.92. The lowest BCUT2D eigenvalue weighted by Crippen LogP contribution is -2.11. The third-order valence-corrected chi connectivity index (χ3v) is 4.11. The third kappa shape index (κ3) is 1.92. The molecule has 0 spiro atoms. The Labute approximate surface area is 119 Å². The zero-order valence-corrected chi connectivity index (χ0v) is 11.6. The summed E-state index contributed by atoms with van der Waals surface area (Å²) in [4.78, 5) is 16.8. The molecule has 0 atom stereocenters. The number of nitrogens with zero attached hydrogens (tertiary/aromatic N) is 1. The molecular formula is C15H12N2O2S. The van der Waals surface area contributed by atoms with Gasteiger partial charge in [0.05, 0.1) is 5.56 Å². The molecular weight excluding hydrogens is 272 g/mol. The van der Waals surface area contributed by atoms with Gasteiger partial charge in [-0.15, -0.1) is 11.3 Å². The smallest absolute Gasteiger partial charge is 0.252 e. The molecule has 0 aliphatic heterocycles. The Bertz CT molecular complexity index is 810. The molecule has 5 heteroatoms. The maximum Gasteiger partial charge on any atom is 0.252 e. The van der Waals surface area contributed by atoms with Gasteiger partial charge in [0.15, 0.2) is 5.75 Å². The standard InChI is InChI=1S/C15H12N2O2S/c1-8-11(12-3-2-6-20-12)7-9-4-5-10(15(16)19)14(18)13(9)17-8/h2-7,18H,1H3,(H2,16,19). The van der Waals surface area contributed by atoms with Gasteiger partial charge in [-0.1, -0.05) is 12.1 Å². The lowest BCUT2D eigenvalue weighted by Gasteiger charge is -2.09. The Morgan fingerprint density at radius 2 is 2.15 bits per heavy atom. The van der Waals surface area contributed by atoms with Gasteiger partial charge >= 0.3 is 0 Å². The molecule has 1 amide bonds. The number of amides is 1. The van der Waals surface area contributed by atoms with E-state index in [-0.39, 0.29) is 11.3 Å². The molecule has 0 aliphatic carbocycles. The van der Waals surface area contributed by atoms with Crippen molar-refractivity contribution in [1.82, 2.24) is 4.98 Å². The first-order valence-corrected chi connectivity index (χ1v) is 6.93. The van der Waals surface area contributed by atoms with Crippen molar-refractivity contribution in [3.63, 3.8) is 0 Å². The normalized spacial score (nSPS) is 10.8. The van der Waals surface area contributed by atoms with Crippen LogP contribution in [-0.4, -0.2) is 16.0 Å². The summed E-state index contributed by atoms with van der Waals surface area (Å²) in [7, 11) is 0. The zero-order chi connectivity index (χ0) is 14.3. The minimum atomic E-state index is -0.661. The van der Waals surface area contributed by atoms with Gasteiger partial charge in [-0.2, -0.15) is 0 Å². The minimum absolute atomic E-state index is 0.0910. The SMILES string of the molecule is Cc1nc2c(O)c(C(N)=O)ccc2cc1-c1cccs1. The van der Waals surface area contributed by atoms with Crippen molar-refractivity contribution >= 4 is 28.1 Å². The van der Waals surface area contributed by atoms with E-state index in [1.807, 2.05) is 30.5 Å². The number of carbonyl (C=O) groups is 1. The van der Waals surface area contributed by atoms with Crippen LogP contribution < -0.4 is 5.73 Å². The second-order valence-electron chi connectivity index (χ2n) is 4.50. The van der Waals surface area contributed by atoms with Crippen LogP contribution in [0.15, 0.2) is 35.7 Å². The molecule has 3 N–H and O–H groups in total. The molecule has 0 unspecified atom stereocenters. The molecule has 0 aliphatic rings. The highest BCUT2D eigenvalue weighted by Gasteiger charge is 2.14. The molecule has 20 heavy (non-hydrogen) atoms. The van der Waals surface area contributed by atoms with Crippen molar-refractivity contribution in [1.29, 1.82) is 0 Å². The summed E-state index contributed by atoms with van der Waals surface area (Å²) in [6.07, 6.45) is 0. The van der Waals surface area contributed by atoms with E-state index in [0.29, 0.717) is 5.52 Å². The maximum atomic E-state index is 11.2. The molecule has 0 bridgehead atoms. The number of aromatic nitrogens is 1. The van der Waals surface area contributed by atoms with Gasteiger partial charge in [-0.25, -0.2) is 4.98 Å².